The lowest BCUT2D eigenvalue weighted by molar-refractivity contribution is -0.140. The van der Waals surface area contributed by atoms with E-state index >= 15 is 0 Å². The molecule has 3 rings (SSSR count). The molecule has 0 saturated carbocycles. The Morgan fingerprint density at radius 3 is 2.45 bits per heavy atom. The van der Waals surface area contributed by atoms with Gasteiger partial charge in [-0.15, -0.1) is 0 Å². The molecule has 20 heavy (non-hydrogen) atoms. The molecule has 1 atom stereocenters. The lowest BCUT2D eigenvalue weighted by Gasteiger charge is -2.45. The van der Waals surface area contributed by atoms with Crippen LogP contribution in [0.15, 0.2) is 24.3 Å². The molecular formula is C15H16FNO2S. The van der Waals surface area contributed by atoms with Gasteiger partial charge in [0.2, 0.25) is 11.8 Å². The molecule has 0 aliphatic carbocycles. The van der Waals surface area contributed by atoms with Crippen LogP contribution in [-0.4, -0.2) is 23.3 Å². The fourth-order valence-electron chi connectivity index (χ4n) is 3.36. The number of thioether (sulfide) groups is 1. The Labute approximate surface area is 121 Å². The van der Waals surface area contributed by atoms with Crippen molar-refractivity contribution in [2.75, 3.05) is 11.5 Å². The van der Waals surface area contributed by atoms with Gasteiger partial charge in [0, 0.05) is 6.42 Å². The molecule has 2 aliphatic heterocycles. The summed E-state index contributed by atoms with van der Waals surface area (Å²) in [6.45, 7) is 0. The minimum Gasteiger partial charge on any atom is -0.296 e. The van der Waals surface area contributed by atoms with Crippen molar-refractivity contribution < 1.29 is 14.0 Å². The second kappa shape index (κ2) is 5.20. The van der Waals surface area contributed by atoms with Crippen LogP contribution in [0, 0.1) is 11.2 Å². The largest absolute Gasteiger partial charge is 0.296 e. The van der Waals surface area contributed by atoms with E-state index in [9.17, 15) is 14.0 Å². The van der Waals surface area contributed by atoms with Crippen LogP contribution in [0.1, 0.15) is 30.7 Å². The molecule has 5 heteroatoms. The molecule has 106 valence electrons. The molecule has 0 bridgehead atoms. The van der Waals surface area contributed by atoms with E-state index in [2.05, 4.69) is 5.32 Å². The molecule has 2 heterocycles. The van der Waals surface area contributed by atoms with E-state index in [1.54, 1.807) is 12.1 Å². The standard InChI is InChI=1S/C15H16FNO2S/c16-11-3-1-10(2-4-11)13-14(19)17-12(18)9-15(13)5-7-20-8-6-15/h1-4,13H,5-9H2,(H,17,18,19). The number of piperidine rings is 1. The second-order valence-corrected chi connectivity index (χ2v) is 6.77. The molecule has 2 fully saturated rings. The van der Waals surface area contributed by atoms with Crippen LogP contribution in [0.3, 0.4) is 0 Å². The predicted octanol–water partition coefficient (Wildman–Crippen LogP) is 2.47. The van der Waals surface area contributed by atoms with Gasteiger partial charge in [-0.25, -0.2) is 4.39 Å². The Balaban J connectivity index is 2.01. The average molecular weight is 293 g/mol. The highest BCUT2D eigenvalue weighted by Crippen LogP contribution is 2.50. The Bertz CT molecular complexity index is 537. The van der Waals surface area contributed by atoms with E-state index < -0.39 is 0 Å². The Morgan fingerprint density at radius 2 is 1.80 bits per heavy atom. The first-order chi connectivity index (χ1) is 9.61. The number of nitrogens with one attached hydrogen (secondary N) is 1. The molecule has 2 saturated heterocycles. The van der Waals surface area contributed by atoms with E-state index in [0.29, 0.717) is 6.42 Å². The third-order valence-corrected chi connectivity index (χ3v) is 5.33. The summed E-state index contributed by atoms with van der Waals surface area (Å²) in [5.41, 5.74) is 0.519. The Morgan fingerprint density at radius 1 is 1.15 bits per heavy atom. The highest BCUT2D eigenvalue weighted by Gasteiger charge is 2.49. The first kappa shape index (κ1) is 13.6. The van der Waals surface area contributed by atoms with Crippen LogP contribution >= 0.6 is 11.8 Å². The van der Waals surface area contributed by atoms with Gasteiger partial charge in [-0.1, -0.05) is 12.1 Å². The van der Waals surface area contributed by atoms with Crippen LogP contribution in [0.5, 0.6) is 0 Å². The molecule has 1 aromatic rings. The van der Waals surface area contributed by atoms with E-state index in [4.69, 9.17) is 0 Å². The number of carbonyl (C=O) groups excluding carboxylic acids is 2. The summed E-state index contributed by atoms with van der Waals surface area (Å²) < 4.78 is 13.1. The van der Waals surface area contributed by atoms with Crippen molar-refractivity contribution in [3.05, 3.63) is 35.6 Å². The number of hydrogen-bond acceptors (Lipinski definition) is 3. The molecular weight excluding hydrogens is 277 g/mol. The minimum atomic E-state index is -0.346. The van der Waals surface area contributed by atoms with Gasteiger partial charge < -0.3 is 0 Å². The van der Waals surface area contributed by atoms with Gasteiger partial charge in [0.1, 0.15) is 5.82 Å². The normalized spacial score (nSPS) is 25.6. The van der Waals surface area contributed by atoms with Gasteiger partial charge in [-0.3, -0.25) is 14.9 Å². The molecule has 1 unspecified atom stereocenters. The predicted molar refractivity (Wildman–Crippen MR) is 75.9 cm³/mol. The number of carbonyl (C=O) groups is 2. The van der Waals surface area contributed by atoms with Crippen molar-refractivity contribution >= 4 is 23.6 Å². The zero-order valence-electron chi connectivity index (χ0n) is 11.0. The topological polar surface area (TPSA) is 46.2 Å². The number of halogens is 1. The van der Waals surface area contributed by atoms with E-state index in [0.717, 1.165) is 29.9 Å². The molecule has 1 aromatic carbocycles. The maximum atomic E-state index is 13.1. The Hall–Kier alpha value is -1.36. The van der Waals surface area contributed by atoms with Gasteiger partial charge in [0.05, 0.1) is 5.92 Å². The summed E-state index contributed by atoms with van der Waals surface area (Å²) in [5.74, 6) is 0.868. The van der Waals surface area contributed by atoms with E-state index in [1.165, 1.54) is 12.1 Å². The summed E-state index contributed by atoms with van der Waals surface area (Å²) >= 11 is 1.86. The summed E-state index contributed by atoms with van der Waals surface area (Å²) in [4.78, 5) is 24.1. The van der Waals surface area contributed by atoms with Gasteiger partial charge >= 0.3 is 0 Å². The van der Waals surface area contributed by atoms with Gasteiger partial charge in [0.15, 0.2) is 0 Å². The monoisotopic (exact) mass is 293 g/mol. The Kier molecular flexibility index (Phi) is 3.54. The third-order valence-electron chi connectivity index (χ3n) is 4.34. The van der Waals surface area contributed by atoms with Crippen LogP contribution < -0.4 is 5.32 Å². The number of hydrogen-bond donors (Lipinski definition) is 1. The average Bonchev–Trinajstić information content (AvgIpc) is 2.41. The summed E-state index contributed by atoms with van der Waals surface area (Å²) in [6, 6.07) is 6.09. The minimum absolute atomic E-state index is 0.180. The van der Waals surface area contributed by atoms with Crippen molar-refractivity contribution in [2.45, 2.75) is 25.2 Å². The quantitative estimate of drug-likeness (QED) is 0.809. The molecule has 2 aliphatic rings. The summed E-state index contributed by atoms with van der Waals surface area (Å²) in [6.07, 6.45) is 2.11. The van der Waals surface area contributed by atoms with Crippen molar-refractivity contribution in [1.82, 2.24) is 5.32 Å². The number of rotatable bonds is 1. The summed E-state index contributed by atoms with van der Waals surface area (Å²) in [7, 11) is 0. The molecule has 2 amide bonds. The van der Waals surface area contributed by atoms with Crippen molar-refractivity contribution in [3.63, 3.8) is 0 Å². The second-order valence-electron chi connectivity index (χ2n) is 5.55. The molecule has 0 aromatic heterocycles. The molecule has 1 N–H and O–H groups in total. The number of imide groups is 1. The van der Waals surface area contributed by atoms with Gasteiger partial charge in [-0.2, -0.15) is 11.8 Å². The number of benzene rings is 1. The highest BCUT2D eigenvalue weighted by atomic mass is 32.2. The fraction of sp³-hybridized carbons (Fsp3) is 0.467. The van der Waals surface area contributed by atoms with Crippen LogP contribution in [0.25, 0.3) is 0 Å². The molecule has 1 spiro atoms. The zero-order chi connectivity index (χ0) is 14.2. The lowest BCUT2D eigenvalue weighted by atomic mass is 9.64. The van der Waals surface area contributed by atoms with Crippen LogP contribution in [0.2, 0.25) is 0 Å². The third kappa shape index (κ3) is 2.35. The lowest BCUT2D eigenvalue weighted by Crippen LogP contribution is -2.52. The molecule has 0 radical (unpaired) electrons. The van der Waals surface area contributed by atoms with Gasteiger partial charge in [0.25, 0.3) is 0 Å². The smallest absolute Gasteiger partial charge is 0.234 e. The summed E-state index contributed by atoms with van der Waals surface area (Å²) in [5, 5.41) is 2.44. The fourth-order valence-corrected chi connectivity index (χ4v) is 4.66. The van der Waals surface area contributed by atoms with Crippen molar-refractivity contribution in [2.24, 2.45) is 5.41 Å². The van der Waals surface area contributed by atoms with Crippen LogP contribution in [0.4, 0.5) is 4.39 Å². The maximum Gasteiger partial charge on any atom is 0.234 e. The SMILES string of the molecule is O=C1CC2(CCSCC2)C(c2ccc(F)cc2)C(=O)N1. The van der Waals surface area contributed by atoms with Crippen molar-refractivity contribution in [1.29, 1.82) is 0 Å². The highest BCUT2D eigenvalue weighted by molar-refractivity contribution is 7.99. The maximum absolute atomic E-state index is 13.1. The van der Waals surface area contributed by atoms with E-state index in [-0.39, 0.29) is 29.0 Å². The van der Waals surface area contributed by atoms with Gasteiger partial charge in [-0.05, 0) is 47.5 Å². The zero-order valence-corrected chi connectivity index (χ0v) is 11.8. The number of amides is 2. The first-order valence-electron chi connectivity index (χ1n) is 6.78. The van der Waals surface area contributed by atoms with Crippen LogP contribution in [-0.2, 0) is 9.59 Å². The molecule has 3 nitrogen and oxygen atoms in total. The van der Waals surface area contributed by atoms with Crippen molar-refractivity contribution in [3.8, 4) is 0 Å². The first-order valence-corrected chi connectivity index (χ1v) is 7.93. The van der Waals surface area contributed by atoms with E-state index in [1.807, 2.05) is 11.8 Å².